The van der Waals surface area contributed by atoms with E-state index in [0.717, 1.165) is 18.9 Å². The summed E-state index contributed by atoms with van der Waals surface area (Å²) in [4.78, 5) is 12.2. The number of rotatable bonds is 5. The van der Waals surface area contributed by atoms with Gasteiger partial charge < -0.3 is 15.0 Å². The van der Waals surface area contributed by atoms with E-state index < -0.39 is 18.0 Å². The summed E-state index contributed by atoms with van der Waals surface area (Å²) in [6.07, 6.45) is 1.49. The van der Waals surface area contributed by atoms with Gasteiger partial charge in [-0.1, -0.05) is 6.92 Å². The van der Waals surface area contributed by atoms with Gasteiger partial charge in [-0.25, -0.2) is 18.7 Å². The Morgan fingerprint density at radius 3 is 2.34 bits per heavy atom. The molecule has 2 bridgehead atoms. The summed E-state index contributed by atoms with van der Waals surface area (Å²) in [5.41, 5.74) is 1.55. The molecule has 3 aliphatic carbocycles. The second-order valence-corrected chi connectivity index (χ2v) is 10.3. The van der Waals surface area contributed by atoms with Crippen molar-refractivity contribution >= 4 is 16.7 Å². The molecular weight excluding hydrogens is 503 g/mol. The molecule has 0 amide bonds. The van der Waals surface area contributed by atoms with E-state index in [1.165, 1.54) is 49.4 Å². The van der Waals surface area contributed by atoms with Gasteiger partial charge in [0.15, 0.2) is 5.82 Å². The lowest BCUT2D eigenvalue weighted by atomic mass is 9.62. The van der Waals surface area contributed by atoms with Gasteiger partial charge in [0, 0.05) is 40.9 Å². The number of ether oxygens (including phenoxy) is 1. The number of hydrogen-bond acceptors (Lipinski definition) is 4. The van der Waals surface area contributed by atoms with Crippen LogP contribution in [-0.4, -0.2) is 27.4 Å². The van der Waals surface area contributed by atoms with E-state index in [-0.39, 0.29) is 23.1 Å². The van der Waals surface area contributed by atoms with Gasteiger partial charge in [0.1, 0.15) is 23.2 Å². The maximum absolute atomic E-state index is 14.4. The van der Waals surface area contributed by atoms with Gasteiger partial charge in [-0.2, -0.15) is 0 Å². The van der Waals surface area contributed by atoms with Crippen LogP contribution in [0.5, 0.6) is 5.75 Å². The van der Waals surface area contributed by atoms with E-state index in [4.69, 9.17) is 4.98 Å². The highest BCUT2D eigenvalue weighted by Gasteiger charge is 2.41. The SMILES string of the molecule is CC1C2CCC(CC2)C1Nc1cc(-c2ccc(OC(F)(F)F)cc2)nc(-c2c[nH]c3c(F)cc(F)cc23)n1. The molecule has 3 fully saturated rings. The Morgan fingerprint density at radius 2 is 1.66 bits per heavy atom. The van der Waals surface area contributed by atoms with Gasteiger partial charge >= 0.3 is 6.36 Å². The highest BCUT2D eigenvalue weighted by Crippen LogP contribution is 2.46. The average Bonchev–Trinajstić information content (AvgIpc) is 3.30. The van der Waals surface area contributed by atoms with E-state index in [1.807, 2.05) is 0 Å². The first-order chi connectivity index (χ1) is 18.1. The Labute approximate surface area is 215 Å². The van der Waals surface area contributed by atoms with Crippen molar-refractivity contribution in [1.82, 2.24) is 15.0 Å². The summed E-state index contributed by atoms with van der Waals surface area (Å²) in [7, 11) is 0. The van der Waals surface area contributed by atoms with Crippen LogP contribution in [0.15, 0.2) is 48.7 Å². The van der Waals surface area contributed by atoms with Crippen LogP contribution in [0, 0.1) is 29.4 Å². The Bertz CT molecular complexity index is 1470. The molecular formula is C28H25F5N4O. The van der Waals surface area contributed by atoms with Crippen LogP contribution in [0.2, 0.25) is 0 Å². The maximum atomic E-state index is 14.4. The molecule has 3 saturated carbocycles. The summed E-state index contributed by atoms with van der Waals surface area (Å²) in [5.74, 6) is 0.626. The molecule has 2 atom stereocenters. The minimum absolute atomic E-state index is 0.136. The van der Waals surface area contributed by atoms with Crippen LogP contribution >= 0.6 is 0 Å². The quantitative estimate of drug-likeness (QED) is 0.261. The zero-order valence-electron chi connectivity index (χ0n) is 20.4. The fourth-order valence-electron chi connectivity index (χ4n) is 6.13. The highest BCUT2D eigenvalue weighted by molar-refractivity contribution is 5.94. The van der Waals surface area contributed by atoms with Crippen molar-refractivity contribution in [2.45, 2.75) is 45.0 Å². The largest absolute Gasteiger partial charge is 0.573 e. The van der Waals surface area contributed by atoms with E-state index in [0.29, 0.717) is 45.8 Å². The minimum Gasteiger partial charge on any atom is -0.406 e. The van der Waals surface area contributed by atoms with Crippen molar-refractivity contribution in [2.24, 2.45) is 17.8 Å². The van der Waals surface area contributed by atoms with Crippen molar-refractivity contribution in [3.8, 4) is 28.4 Å². The predicted molar refractivity (Wildman–Crippen MR) is 133 cm³/mol. The standard InChI is InChI=1S/C28H25F5N4O/c1-14-15-2-4-17(5-3-15)25(14)36-24-12-23(16-6-8-19(9-7-16)38-28(31,32)33)35-27(37-24)21-13-34-26-20(21)10-18(29)11-22(26)30/h6-15,17,25,34H,2-5H2,1H3,(H,35,36,37). The van der Waals surface area contributed by atoms with Crippen LogP contribution in [0.4, 0.5) is 27.8 Å². The Kier molecular flexibility index (Phi) is 6.00. The third-order valence-corrected chi connectivity index (χ3v) is 8.01. The molecule has 4 aromatic rings. The van der Waals surface area contributed by atoms with Gasteiger partial charge in [-0.3, -0.25) is 0 Å². The predicted octanol–water partition coefficient (Wildman–Crippen LogP) is 7.71. The molecule has 5 nitrogen and oxygen atoms in total. The van der Waals surface area contributed by atoms with Gasteiger partial charge in [-0.15, -0.1) is 13.2 Å². The van der Waals surface area contributed by atoms with E-state index >= 15 is 0 Å². The smallest absolute Gasteiger partial charge is 0.406 e. The van der Waals surface area contributed by atoms with E-state index in [9.17, 15) is 22.0 Å². The summed E-state index contributed by atoms with van der Waals surface area (Å²) in [5, 5.41) is 3.90. The molecule has 2 aromatic carbocycles. The van der Waals surface area contributed by atoms with E-state index in [2.05, 4.69) is 26.9 Å². The fraction of sp³-hybridized carbons (Fsp3) is 0.357. The third-order valence-electron chi connectivity index (χ3n) is 8.01. The second kappa shape index (κ2) is 9.25. The van der Waals surface area contributed by atoms with Crippen molar-refractivity contribution in [3.63, 3.8) is 0 Å². The van der Waals surface area contributed by atoms with Crippen molar-refractivity contribution < 1.29 is 26.7 Å². The lowest BCUT2D eigenvalue weighted by molar-refractivity contribution is -0.274. The van der Waals surface area contributed by atoms with Crippen molar-refractivity contribution in [2.75, 3.05) is 5.32 Å². The summed E-state index contributed by atoms with van der Waals surface area (Å²) < 4.78 is 70.3. The number of aromatic amines is 1. The van der Waals surface area contributed by atoms with Gasteiger partial charge in [0.2, 0.25) is 0 Å². The van der Waals surface area contributed by atoms with Crippen LogP contribution in [-0.2, 0) is 0 Å². The van der Waals surface area contributed by atoms with Crippen molar-refractivity contribution in [3.05, 3.63) is 60.3 Å². The molecule has 2 aromatic heterocycles. The molecule has 2 unspecified atom stereocenters. The highest BCUT2D eigenvalue weighted by atomic mass is 19.4. The monoisotopic (exact) mass is 528 g/mol. The summed E-state index contributed by atoms with van der Waals surface area (Å²) in [6.45, 7) is 2.25. The first-order valence-electron chi connectivity index (χ1n) is 12.6. The van der Waals surface area contributed by atoms with Gasteiger partial charge in [-0.05, 0) is 73.8 Å². The Morgan fingerprint density at radius 1 is 0.947 bits per heavy atom. The zero-order chi connectivity index (χ0) is 26.6. The Hall–Kier alpha value is -3.69. The first-order valence-corrected chi connectivity index (χ1v) is 12.6. The number of nitrogens with zero attached hydrogens (tertiary/aromatic N) is 2. The summed E-state index contributed by atoms with van der Waals surface area (Å²) >= 11 is 0. The lowest BCUT2D eigenvalue weighted by Crippen LogP contribution is -2.47. The molecule has 198 valence electrons. The van der Waals surface area contributed by atoms with Crippen LogP contribution in [0.1, 0.15) is 32.6 Å². The number of hydrogen-bond donors (Lipinski definition) is 2. The molecule has 7 rings (SSSR count). The molecule has 10 heteroatoms. The van der Waals surface area contributed by atoms with Gasteiger partial charge in [0.05, 0.1) is 11.2 Å². The number of benzene rings is 2. The average molecular weight is 529 g/mol. The normalized spacial score (nSPS) is 23.1. The lowest BCUT2D eigenvalue weighted by Gasteiger charge is -2.47. The molecule has 0 radical (unpaired) electrons. The number of halogens is 5. The summed E-state index contributed by atoms with van der Waals surface area (Å²) in [6, 6.07) is 9.41. The number of aromatic nitrogens is 3. The number of fused-ring (bicyclic) bond motifs is 4. The molecule has 0 saturated heterocycles. The second-order valence-electron chi connectivity index (χ2n) is 10.3. The maximum Gasteiger partial charge on any atom is 0.573 e. The number of H-pyrrole nitrogens is 1. The number of anilines is 1. The number of nitrogens with one attached hydrogen (secondary N) is 2. The van der Waals surface area contributed by atoms with Crippen molar-refractivity contribution in [1.29, 1.82) is 0 Å². The zero-order valence-corrected chi connectivity index (χ0v) is 20.4. The molecule has 0 spiro atoms. The van der Waals surface area contributed by atoms with Crippen LogP contribution in [0.25, 0.3) is 33.5 Å². The third kappa shape index (κ3) is 4.68. The fourth-order valence-corrected chi connectivity index (χ4v) is 6.13. The topological polar surface area (TPSA) is 62.8 Å². The van der Waals surface area contributed by atoms with E-state index in [1.54, 1.807) is 6.07 Å². The molecule has 38 heavy (non-hydrogen) atoms. The van der Waals surface area contributed by atoms with Crippen LogP contribution in [0.3, 0.4) is 0 Å². The molecule has 2 heterocycles. The van der Waals surface area contributed by atoms with Crippen LogP contribution < -0.4 is 10.1 Å². The number of alkyl halides is 3. The molecule has 3 aliphatic rings. The first kappa shape index (κ1) is 24.6. The molecule has 2 N–H and O–H groups in total. The minimum atomic E-state index is -4.79. The molecule has 0 aliphatic heterocycles. The Balaban J connectivity index is 1.42. The van der Waals surface area contributed by atoms with Gasteiger partial charge in [0.25, 0.3) is 0 Å².